The number of nitrogens with one attached hydrogen (secondary N) is 1. The van der Waals surface area contributed by atoms with Crippen molar-refractivity contribution in [2.24, 2.45) is 0 Å². The molecule has 5 nitrogen and oxygen atoms in total. The zero-order valence-electron chi connectivity index (χ0n) is 17.2. The molecule has 3 rings (SSSR count). The maximum absolute atomic E-state index is 13.0. The molecule has 0 atom stereocenters. The number of carbonyl (C=O) groups is 1. The van der Waals surface area contributed by atoms with Gasteiger partial charge in [0.1, 0.15) is 5.82 Å². The summed E-state index contributed by atoms with van der Waals surface area (Å²) in [7, 11) is 1.50. The van der Waals surface area contributed by atoms with Gasteiger partial charge in [-0.25, -0.2) is 4.39 Å². The predicted octanol–water partition coefficient (Wildman–Crippen LogP) is 5.22. The number of methoxy groups -OCH3 is 1. The third kappa shape index (κ3) is 5.94. The largest absolute Gasteiger partial charge is 0.493 e. The zero-order valence-corrected chi connectivity index (χ0v) is 17.2. The van der Waals surface area contributed by atoms with Gasteiger partial charge in [-0.05, 0) is 60.5 Å². The summed E-state index contributed by atoms with van der Waals surface area (Å²) >= 11 is 0. The maximum Gasteiger partial charge on any atom is 0.262 e. The van der Waals surface area contributed by atoms with Crippen molar-refractivity contribution in [3.8, 4) is 17.6 Å². The van der Waals surface area contributed by atoms with Gasteiger partial charge in [-0.15, -0.1) is 0 Å². The summed E-state index contributed by atoms with van der Waals surface area (Å²) in [5.41, 5.74) is 3.70. The molecule has 1 amide bonds. The van der Waals surface area contributed by atoms with E-state index in [-0.39, 0.29) is 18.3 Å². The normalized spacial score (nSPS) is 10.8. The summed E-state index contributed by atoms with van der Waals surface area (Å²) in [6.07, 6.45) is 1.76. The number of halogens is 1. The minimum absolute atomic E-state index is 0.240. The van der Waals surface area contributed by atoms with Gasteiger partial charge < -0.3 is 14.8 Å². The molecule has 0 saturated heterocycles. The Bertz CT molecular complexity index is 1130. The smallest absolute Gasteiger partial charge is 0.262 e. The Morgan fingerprint density at radius 3 is 2.42 bits per heavy atom. The van der Waals surface area contributed by atoms with E-state index in [1.54, 1.807) is 24.3 Å². The molecule has 0 heterocycles. The SMILES string of the molecule is COc1cc(/C=C(/C#N)c2ccc(C)cc2)ccc1OCC(=O)Nc1ccc(F)cc1. The van der Waals surface area contributed by atoms with E-state index in [1.165, 1.54) is 31.4 Å². The van der Waals surface area contributed by atoms with Crippen LogP contribution in [-0.2, 0) is 4.79 Å². The molecule has 0 aliphatic carbocycles. The van der Waals surface area contributed by atoms with Crippen LogP contribution in [0.2, 0.25) is 0 Å². The van der Waals surface area contributed by atoms with E-state index in [0.717, 1.165) is 16.7 Å². The molecule has 0 aromatic heterocycles. The zero-order chi connectivity index (χ0) is 22.2. The standard InChI is InChI=1S/C25H21FN2O3/c1-17-3-6-19(7-4-17)20(15-27)13-18-5-12-23(24(14-18)30-2)31-16-25(29)28-22-10-8-21(26)9-11-22/h3-14H,16H2,1-2H3,(H,28,29)/b20-13-. The lowest BCUT2D eigenvalue weighted by Gasteiger charge is -2.12. The van der Waals surface area contributed by atoms with Crippen LogP contribution in [-0.4, -0.2) is 19.6 Å². The minimum Gasteiger partial charge on any atom is -0.493 e. The summed E-state index contributed by atoms with van der Waals surface area (Å²) in [6.45, 7) is 1.75. The Morgan fingerprint density at radius 1 is 1.06 bits per heavy atom. The molecule has 0 spiro atoms. The lowest BCUT2D eigenvalue weighted by Crippen LogP contribution is -2.20. The fourth-order valence-electron chi connectivity index (χ4n) is 2.85. The fourth-order valence-corrected chi connectivity index (χ4v) is 2.85. The first-order chi connectivity index (χ1) is 15.0. The summed E-state index contributed by atoms with van der Waals surface area (Å²) in [4.78, 5) is 12.1. The number of rotatable bonds is 7. The van der Waals surface area contributed by atoms with Crippen molar-refractivity contribution in [1.82, 2.24) is 0 Å². The van der Waals surface area contributed by atoms with Crippen molar-refractivity contribution >= 4 is 23.2 Å². The van der Waals surface area contributed by atoms with Crippen molar-refractivity contribution in [3.05, 3.63) is 89.2 Å². The van der Waals surface area contributed by atoms with Crippen LogP contribution >= 0.6 is 0 Å². The van der Waals surface area contributed by atoms with Crippen LogP contribution in [0.15, 0.2) is 66.7 Å². The second-order valence-corrected chi connectivity index (χ2v) is 6.79. The molecule has 6 heteroatoms. The van der Waals surface area contributed by atoms with E-state index in [1.807, 2.05) is 31.2 Å². The first-order valence-electron chi connectivity index (χ1n) is 9.53. The summed E-state index contributed by atoms with van der Waals surface area (Å²) in [6, 6.07) is 20.6. The highest BCUT2D eigenvalue weighted by Gasteiger charge is 2.10. The average Bonchev–Trinajstić information content (AvgIpc) is 2.78. The Hall–Kier alpha value is -4.11. The van der Waals surface area contributed by atoms with Gasteiger partial charge in [0.05, 0.1) is 18.8 Å². The second-order valence-electron chi connectivity index (χ2n) is 6.79. The Morgan fingerprint density at radius 2 is 1.77 bits per heavy atom. The molecule has 0 aliphatic heterocycles. The number of hydrogen-bond donors (Lipinski definition) is 1. The van der Waals surface area contributed by atoms with Crippen molar-refractivity contribution in [3.63, 3.8) is 0 Å². The molecule has 1 N–H and O–H groups in total. The number of nitriles is 1. The second kappa shape index (κ2) is 10.1. The third-order valence-corrected chi connectivity index (χ3v) is 4.47. The monoisotopic (exact) mass is 416 g/mol. The molecule has 0 bridgehead atoms. The van der Waals surface area contributed by atoms with Crippen LogP contribution in [0.1, 0.15) is 16.7 Å². The predicted molar refractivity (Wildman–Crippen MR) is 118 cm³/mol. The molecule has 0 aliphatic rings. The highest BCUT2D eigenvalue weighted by molar-refractivity contribution is 5.92. The fraction of sp³-hybridized carbons (Fsp3) is 0.120. The number of benzene rings is 3. The highest BCUT2D eigenvalue weighted by Crippen LogP contribution is 2.30. The van der Waals surface area contributed by atoms with Gasteiger partial charge in [0.2, 0.25) is 0 Å². The maximum atomic E-state index is 13.0. The Labute approximate surface area is 180 Å². The minimum atomic E-state index is -0.385. The van der Waals surface area contributed by atoms with Crippen molar-refractivity contribution < 1.29 is 18.7 Å². The van der Waals surface area contributed by atoms with E-state index in [2.05, 4.69) is 11.4 Å². The van der Waals surface area contributed by atoms with E-state index >= 15 is 0 Å². The number of anilines is 1. The number of allylic oxidation sites excluding steroid dienone is 1. The first kappa shape index (κ1) is 21.6. The number of carbonyl (C=O) groups excluding carboxylic acids is 1. The summed E-state index contributed by atoms with van der Waals surface area (Å²) in [5, 5.41) is 12.2. The van der Waals surface area contributed by atoms with Gasteiger partial charge >= 0.3 is 0 Å². The van der Waals surface area contributed by atoms with Crippen LogP contribution in [0.5, 0.6) is 11.5 Å². The number of hydrogen-bond acceptors (Lipinski definition) is 4. The van der Waals surface area contributed by atoms with Gasteiger partial charge in [0.25, 0.3) is 5.91 Å². The van der Waals surface area contributed by atoms with Crippen LogP contribution in [0.25, 0.3) is 11.6 Å². The van der Waals surface area contributed by atoms with Crippen LogP contribution < -0.4 is 14.8 Å². The lowest BCUT2D eigenvalue weighted by molar-refractivity contribution is -0.118. The number of aryl methyl sites for hydroxylation is 1. The number of nitrogens with zero attached hydrogens (tertiary/aromatic N) is 1. The number of amides is 1. The van der Waals surface area contributed by atoms with Gasteiger partial charge in [-0.2, -0.15) is 5.26 Å². The molecular weight excluding hydrogens is 395 g/mol. The van der Waals surface area contributed by atoms with Gasteiger partial charge in [0, 0.05) is 5.69 Å². The molecule has 0 unspecified atom stereocenters. The van der Waals surface area contributed by atoms with Gasteiger partial charge in [0.15, 0.2) is 18.1 Å². The summed E-state index contributed by atoms with van der Waals surface area (Å²) < 4.78 is 23.9. The molecule has 0 saturated carbocycles. The molecule has 0 radical (unpaired) electrons. The number of ether oxygens (including phenoxy) is 2. The first-order valence-corrected chi connectivity index (χ1v) is 9.53. The van der Waals surface area contributed by atoms with Crippen LogP contribution in [0, 0.1) is 24.1 Å². The topological polar surface area (TPSA) is 71.3 Å². The van der Waals surface area contributed by atoms with E-state index < -0.39 is 0 Å². The summed E-state index contributed by atoms with van der Waals surface area (Å²) in [5.74, 6) is 0.0612. The van der Waals surface area contributed by atoms with E-state index in [9.17, 15) is 14.4 Å². The van der Waals surface area contributed by atoms with Crippen LogP contribution in [0.3, 0.4) is 0 Å². The third-order valence-electron chi connectivity index (χ3n) is 4.47. The molecule has 156 valence electrons. The van der Waals surface area contributed by atoms with Gasteiger partial charge in [-0.1, -0.05) is 35.9 Å². The molecule has 3 aromatic carbocycles. The molecule has 0 fully saturated rings. The van der Waals surface area contributed by atoms with E-state index in [4.69, 9.17) is 9.47 Å². The highest BCUT2D eigenvalue weighted by atomic mass is 19.1. The molecular formula is C25H21FN2O3. The lowest BCUT2D eigenvalue weighted by atomic mass is 10.0. The van der Waals surface area contributed by atoms with Crippen molar-refractivity contribution in [2.45, 2.75) is 6.92 Å². The van der Waals surface area contributed by atoms with E-state index in [0.29, 0.717) is 22.8 Å². The molecule has 31 heavy (non-hydrogen) atoms. The quantitative estimate of drug-likeness (QED) is 0.423. The van der Waals surface area contributed by atoms with Crippen molar-refractivity contribution in [2.75, 3.05) is 19.0 Å². The average molecular weight is 416 g/mol. The van der Waals surface area contributed by atoms with Crippen LogP contribution in [0.4, 0.5) is 10.1 Å². The van der Waals surface area contributed by atoms with Gasteiger partial charge in [-0.3, -0.25) is 4.79 Å². The Balaban J connectivity index is 1.70. The Kier molecular flexibility index (Phi) is 7.02. The van der Waals surface area contributed by atoms with Crippen molar-refractivity contribution in [1.29, 1.82) is 5.26 Å². The molecule has 3 aromatic rings.